The smallest absolute Gasteiger partial charge is 0.174 e. The van der Waals surface area contributed by atoms with Gasteiger partial charge in [0.15, 0.2) is 4.34 Å². The molecule has 1 aromatic heterocycles. The molecule has 0 saturated carbocycles. The first-order chi connectivity index (χ1) is 8.20. The molecule has 1 atom stereocenters. The van der Waals surface area contributed by atoms with Crippen LogP contribution in [0.2, 0.25) is 5.02 Å². The second-order valence-electron chi connectivity index (χ2n) is 3.45. The lowest BCUT2D eigenvalue weighted by Gasteiger charge is -2.14. The monoisotopic (exact) mass is 285 g/mol. The van der Waals surface area contributed by atoms with Crippen LogP contribution in [0.4, 0.5) is 0 Å². The van der Waals surface area contributed by atoms with Crippen molar-refractivity contribution in [2.75, 3.05) is 6.54 Å². The number of hydrogen-bond acceptors (Lipinski definition) is 5. The summed E-state index contributed by atoms with van der Waals surface area (Å²) in [5.74, 6) is 0. The van der Waals surface area contributed by atoms with Crippen molar-refractivity contribution < 1.29 is 0 Å². The highest BCUT2D eigenvalue weighted by Crippen LogP contribution is 2.38. The zero-order valence-corrected chi connectivity index (χ0v) is 11.6. The molecule has 90 valence electrons. The first-order valence-electron chi connectivity index (χ1n) is 5.12. The van der Waals surface area contributed by atoms with Crippen LogP contribution < -0.4 is 5.73 Å². The minimum Gasteiger partial charge on any atom is -0.329 e. The van der Waals surface area contributed by atoms with Crippen molar-refractivity contribution in [1.82, 2.24) is 10.2 Å². The van der Waals surface area contributed by atoms with E-state index in [0.29, 0.717) is 6.54 Å². The summed E-state index contributed by atoms with van der Waals surface area (Å²) in [5, 5.41) is 9.91. The van der Waals surface area contributed by atoms with Gasteiger partial charge in [0.05, 0.1) is 5.25 Å². The van der Waals surface area contributed by atoms with E-state index in [0.717, 1.165) is 19.9 Å². The number of hydrogen-bond donors (Lipinski definition) is 1. The van der Waals surface area contributed by atoms with Gasteiger partial charge in [-0.15, -0.1) is 10.2 Å². The number of nitrogens with two attached hydrogens (primary N) is 1. The Morgan fingerprint density at radius 3 is 2.76 bits per heavy atom. The maximum Gasteiger partial charge on any atom is 0.174 e. The summed E-state index contributed by atoms with van der Waals surface area (Å²) < 4.78 is 0.929. The molecule has 0 aliphatic carbocycles. The number of benzene rings is 1. The Hall–Kier alpha value is -0.620. The maximum absolute atomic E-state index is 6.17. The molecule has 17 heavy (non-hydrogen) atoms. The van der Waals surface area contributed by atoms with Crippen molar-refractivity contribution in [3.63, 3.8) is 0 Å². The summed E-state index contributed by atoms with van der Waals surface area (Å²) in [6.45, 7) is 2.46. The highest BCUT2D eigenvalue weighted by molar-refractivity contribution is 8.01. The van der Waals surface area contributed by atoms with Crippen LogP contribution in [0.5, 0.6) is 0 Å². The van der Waals surface area contributed by atoms with Gasteiger partial charge in [-0.25, -0.2) is 0 Å². The van der Waals surface area contributed by atoms with Gasteiger partial charge in [0.2, 0.25) is 0 Å². The van der Waals surface area contributed by atoms with Gasteiger partial charge in [0.25, 0.3) is 0 Å². The number of aryl methyl sites for hydroxylation is 1. The number of aromatic nitrogens is 2. The summed E-state index contributed by atoms with van der Waals surface area (Å²) in [4.78, 5) is 0. The van der Waals surface area contributed by atoms with Gasteiger partial charge in [0.1, 0.15) is 5.01 Å². The molecule has 0 spiro atoms. The average Bonchev–Trinajstić information content (AvgIpc) is 2.73. The molecule has 2 aromatic rings. The van der Waals surface area contributed by atoms with Gasteiger partial charge in [-0.05, 0) is 18.6 Å². The summed E-state index contributed by atoms with van der Waals surface area (Å²) in [5.41, 5.74) is 6.86. The fourth-order valence-corrected chi connectivity index (χ4v) is 3.83. The zero-order valence-electron chi connectivity index (χ0n) is 9.26. The Bertz CT molecular complexity index is 501. The van der Waals surface area contributed by atoms with Gasteiger partial charge in [0, 0.05) is 11.6 Å². The quantitative estimate of drug-likeness (QED) is 0.876. The second kappa shape index (κ2) is 5.82. The Morgan fingerprint density at radius 1 is 1.41 bits per heavy atom. The van der Waals surface area contributed by atoms with E-state index in [9.17, 15) is 0 Å². The van der Waals surface area contributed by atoms with Crippen LogP contribution in [0.25, 0.3) is 0 Å². The van der Waals surface area contributed by atoms with Crippen LogP contribution in [-0.2, 0) is 0 Å². The summed E-state index contributed by atoms with van der Waals surface area (Å²) in [7, 11) is 0. The predicted octanol–water partition coefficient (Wildman–Crippen LogP) is 3.29. The fraction of sp³-hybridized carbons (Fsp3) is 0.273. The fourth-order valence-electron chi connectivity index (χ4n) is 1.42. The van der Waals surface area contributed by atoms with E-state index in [1.165, 1.54) is 0 Å². The molecule has 0 fully saturated rings. The number of rotatable bonds is 4. The third-order valence-corrected chi connectivity index (χ3v) is 4.75. The van der Waals surface area contributed by atoms with E-state index < -0.39 is 0 Å². The van der Waals surface area contributed by atoms with E-state index in [2.05, 4.69) is 10.2 Å². The number of thioether (sulfide) groups is 1. The van der Waals surface area contributed by atoms with Crippen LogP contribution in [0.1, 0.15) is 15.8 Å². The van der Waals surface area contributed by atoms with Gasteiger partial charge in [-0.2, -0.15) is 0 Å². The summed E-state index contributed by atoms with van der Waals surface area (Å²) in [6.07, 6.45) is 0. The lowest BCUT2D eigenvalue weighted by atomic mass is 10.1. The van der Waals surface area contributed by atoms with Crippen molar-refractivity contribution in [2.24, 2.45) is 5.73 Å². The molecule has 2 N–H and O–H groups in total. The van der Waals surface area contributed by atoms with Crippen LogP contribution in [0.3, 0.4) is 0 Å². The van der Waals surface area contributed by atoms with Crippen molar-refractivity contribution in [3.8, 4) is 0 Å². The van der Waals surface area contributed by atoms with E-state index in [1.807, 2.05) is 31.2 Å². The first kappa shape index (κ1) is 12.8. The minimum absolute atomic E-state index is 0.121. The molecule has 6 heteroatoms. The Balaban J connectivity index is 2.20. The van der Waals surface area contributed by atoms with Crippen molar-refractivity contribution in [1.29, 1.82) is 0 Å². The summed E-state index contributed by atoms with van der Waals surface area (Å²) >= 11 is 9.35. The van der Waals surface area contributed by atoms with Crippen LogP contribution in [0.15, 0.2) is 28.6 Å². The Morgan fingerprint density at radius 2 is 2.18 bits per heavy atom. The van der Waals surface area contributed by atoms with E-state index >= 15 is 0 Å². The lowest BCUT2D eigenvalue weighted by molar-refractivity contribution is 0.928. The van der Waals surface area contributed by atoms with Crippen LogP contribution >= 0.6 is 34.7 Å². The number of nitrogens with zero attached hydrogens (tertiary/aromatic N) is 2. The first-order valence-corrected chi connectivity index (χ1v) is 7.19. The largest absolute Gasteiger partial charge is 0.329 e. The third-order valence-electron chi connectivity index (χ3n) is 2.22. The molecule has 3 nitrogen and oxygen atoms in total. The van der Waals surface area contributed by atoms with E-state index in [-0.39, 0.29) is 5.25 Å². The second-order valence-corrected chi connectivity index (χ2v) is 6.49. The molecule has 0 aliphatic rings. The predicted molar refractivity (Wildman–Crippen MR) is 73.8 cm³/mol. The topological polar surface area (TPSA) is 51.8 Å². The van der Waals surface area contributed by atoms with Gasteiger partial charge in [-0.3, -0.25) is 0 Å². The average molecular weight is 286 g/mol. The highest BCUT2D eigenvalue weighted by Gasteiger charge is 2.16. The molecule has 0 radical (unpaired) electrons. The highest BCUT2D eigenvalue weighted by atomic mass is 35.5. The normalized spacial score (nSPS) is 12.6. The zero-order chi connectivity index (χ0) is 12.3. The minimum atomic E-state index is 0.121. The van der Waals surface area contributed by atoms with Gasteiger partial charge < -0.3 is 5.73 Å². The molecule has 0 aliphatic heterocycles. The standard InChI is InChI=1S/C11H12ClN3S2/c1-7-14-15-11(16-7)17-10(6-13)8-4-2-3-5-9(8)12/h2-5,10H,6,13H2,1H3. The van der Waals surface area contributed by atoms with Crippen LogP contribution in [-0.4, -0.2) is 16.7 Å². The van der Waals surface area contributed by atoms with Gasteiger partial charge >= 0.3 is 0 Å². The molecule has 2 rings (SSSR count). The maximum atomic E-state index is 6.17. The van der Waals surface area contributed by atoms with Crippen molar-refractivity contribution in [3.05, 3.63) is 39.9 Å². The van der Waals surface area contributed by atoms with Crippen molar-refractivity contribution >= 4 is 34.7 Å². The third kappa shape index (κ3) is 3.19. The lowest BCUT2D eigenvalue weighted by Crippen LogP contribution is -2.09. The molecule has 0 saturated heterocycles. The Kier molecular flexibility index (Phi) is 4.39. The molecule has 0 bridgehead atoms. The molecule has 1 aromatic carbocycles. The SMILES string of the molecule is Cc1nnc(SC(CN)c2ccccc2Cl)s1. The number of halogens is 1. The molecule has 1 unspecified atom stereocenters. The van der Waals surface area contributed by atoms with Gasteiger partial charge in [-0.1, -0.05) is 52.9 Å². The van der Waals surface area contributed by atoms with E-state index in [4.69, 9.17) is 17.3 Å². The Labute approximate surface area is 113 Å². The van der Waals surface area contributed by atoms with E-state index in [1.54, 1.807) is 23.1 Å². The molecule has 0 amide bonds. The molecule has 1 heterocycles. The molecular weight excluding hydrogens is 274 g/mol. The molecular formula is C11H12ClN3S2. The van der Waals surface area contributed by atoms with Crippen LogP contribution in [0, 0.1) is 6.92 Å². The van der Waals surface area contributed by atoms with Crippen molar-refractivity contribution in [2.45, 2.75) is 16.5 Å². The summed E-state index contributed by atoms with van der Waals surface area (Å²) in [6, 6.07) is 7.77.